The fourth-order valence-electron chi connectivity index (χ4n) is 5.68. The molecule has 8 rings (SSSR count). The predicted octanol–water partition coefficient (Wildman–Crippen LogP) is 4.66. The van der Waals surface area contributed by atoms with E-state index in [-0.39, 0.29) is 27.3 Å². The van der Waals surface area contributed by atoms with E-state index in [1.165, 1.54) is 22.1 Å². The number of benzene rings is 4. The normalized spacial score (nSPS) is 14.3. The SMILES string of the molecule is CN1[CH-]N(c2[c-]c3c(cc2)-c2ccccc2B2c4ccccc4-c4ccc(-c5ncco5)[c-]c4N23)C=N1.[Pd]. The summed E-state index contributed by atoms with van der Waals surface area (Å²) in [5.41, 5.74) is 11.0. The van der Waals surface area contributed by atoms with Crippen molar-refractivity contribution < 1.29 is 24.8 Å². The van der Waals surface area contributed by atoms with Crippen LogP contribution in [0.1, 0.15) is 0 Å². The number of aromatic nitrogens is 1. The van der Waals surface area contributed by atoms with Gasteiger partial charge in [0.15, 0.2) is 0 Å². The van der Waals surface area contributed by atoms with E-state index in [1.54, 1.807) is 23.8 Å². The molecule has 0 bridgehead atoms. The van der Waals surface area contributed by atoms with E-state index in [4.69, 9.17) is 4.42 Å². The van der Waals surface area contributed by atoms with Gasteiger partial charge in [0.1, 0.15) is 5.89 Å². The Hall–Kier alpha value is -4.11. The van der Waals surface area contributed by atoms with Crippen molar-refractivity contribution in [3.05, 3.63) is 104 Å². The number of hydrogen-bond donors (Lipinski definition) is 0. The van der Waals surface area contributed by atoms with Crippen molar-refractivity contribution in [2.24, 2.45) is 5.10 Å². The van der Waals surface area contributed by atoms with E-state index in [2.05, 4.69) is 93.8 Å². The van der Waals surface area contributed by atoms with Gasteiger partial charge in [-0.2, -0.15) is 6.07 Å². The zero-order valence-electron chi connectivity index (χ0n) is 20.3. The molecule has 6 nitrogen and oxygen atoms in total. The van der Waals surface area contributed by atoms with Gasteiger partial charge in [0.25, 0.3) is 0 Å². The van der Waals surface area contributed by atoms with Gasteiger partial charge in [-0.3, -0.25) is 4.98 Å². The van der Waals surface area contributed by atoms with Crippen molar-refractivity contribution in [3.8, 4) is 33.7 Å². The van der Waals surface area contributed by atoms with Crippen LogP contribution in [0.2, 0.25) is 0 Å². The largest absolute Gasteiger partial charge is 0.489 e. The van der Waals surface area contributed by atoms with Crippen molar-refractivity contribution in [3.63, 3.8) is 0 Å². The van der Waals surface area contributed by atoms with Gasteiger partial charge in [0.05, 0.1) is 18.8 Å². The number of oxazole rings is 1. The average molecular weight is 583 g/mol. The molecule has 186 valence electrons. The maximum absolute atomic E-state index is 5.64. The van der Waals surface area contributed by atoms with Gasteiger partial charge >= 0.3 is 6.85 Å². The topological polar surface area (TPSA) is 48.1 Å². The first-order valence-electron chi connectivity index (χ1n) is 12.2. The Bertz CT molecular complexity index is 1720. The van der Waals surface area contributed by atoms with Gasteiger partial charge < -0.3 is 19.1 Å². The minimum Gasteiger partial charge on any atom is -0.489 e. The number of hydrazone groups is 1. The Kier molecular flexibility index (Phi) is 5.29. The first-order chi connectivity index (χ1) is 18.3. The quantitative estimate of drug-likeness (QED) is 0.224. The summed E-state index contributed by atoms with van der Waals surface area (Å²) in [7, 11) is 1.91. The summed E-state index contributed by atoms with van der Waals surface area (Å²) in [5, 5.41) is 6.14. The maximum Gasteiger partial charge on any atom is 0.324 e. The molecule has 5 aromatic rings. The molecule has 0 amide bonds. The number of rotatable bonds is 2. The number of anilines is 3. The molecule has 0 atom stereocenters. The van der Waals surface area contributed by atoms with E-state index < -0.39 is 0 Å². The van der Waals surface area contributed by atoms with Crippen LogP contribution in [0.3, 0.4) is 0 Å². The third-order valence-corrected chi connectivity index (χ3v) is 7.26. The molecule has 0 N–H and O–H groups in total. The minimum atomic E-state index is -0.0196. The summed E-state index contributed by atoms with van der Waals surface area (Å²) in [5.74, 6) is 0.555. The fourth-order valence-corrected chi connectivity index (χ4v) is 5.68. The first kappa shape index (κ1) is 23.0. The average Bonchev–Trinajstić information content (AvgIpc) is 3.65. The van der Waals surface area contributed by atoms with Gasteiger partial charge in [-0.05, 0) is 7.05 Å². The van der Waals surface area contributed by atoms with Crippen LogP contribution in [0, 0.1) is 18.8 Å². The Morgan fingerprint density at radius 2 is 1.50 bits per heavy atom. The van der Waals surface area contributed by atoms with Crippen molar-refractivity contribution in [1.29, 1.82) is 0 Å². The Balaban J connectivity index is 0.00000242. The van der Waals surface area contributed by atoms with Crippen molar-refractivity contribution in [1.82, 2.24) is 9.99 Å². The fraction of sp³-hybridized carbons (Fsp3) is 0.0333. The molecule has 3 aliphatic heterocycles. The molecule has 0 saturated heterocycles. The summed E-state index contributed by atoms with van der Waals surface area (Å²) >= 11 is 0. The number of hydrogen-bond acceptors (Lipinski definition) is 6. The van der Waals surface area contributed by atoms with Crippen LogP contribution in [0.15, 0.2) is 94.8 Å². The molecule has 3 aliphatic rings. The zero-order valence-corrected chi connectivity index (χ0v) is 21.8. The molecule has 4 aromatic carbocycles. The van der Waals surface area contributed by atoms with Gasteiger partial charge in [-0.1, -0.05) is 93.1 Å². The van der Waals surface area contributed by atoms with Crippen LogP contribution >= 0.6 is 0 Å². The van der Waals surface area contributed by atoms with Crippen LogP contribution in [0.25, 0.3) is 33.7 Å². The second-order valence-corrected chi connectivity index (χ2v) is 9.35. The van der Waals surface area contributed by atoms with Crippen LogP contribution in [0.5, 0.6) is 0 Å². The Labute approximate surface area is 235 Å². The molecular formula is C30H19BN5OPd-3. The monoisotopic (exact) mass is 582 g/mol. The molecular weight excluding hydrogens is 564 g/mol. The summed E-state index contributed by atoms with van der Waals surface area (Å²) in [6.45, 7) is 1.92. The molecule has 1 aromatic heterocycles. The van der Waals surface area contributed by atoms with E-state index >= 15 is 0 Å². The summed E-state index contributed by atoms with van der Waals surface area (Å²) in [4.78, 5) is 8.75. The number of fused-ring (bicyclic) bond motifs is 11. The predicted molar refractivity (Wildman–Crippen MR) is 147 cm³/mol. The third-order valence-electron chi connectivity index (χ3n) is 7.26. The Morgan fingerprint density at radius 1 is 0.816 bits per heavy atom. The molecule has 0 aliphatic carbocycles. The molecule has 0 saturated carbocycles. The first-order valence-corrected chi connectivity index (χ1v) is 12.2. The molecule has 0 radical (unpaired) electrons. The van der Waals surface area contributed by atoms with Crippen molar-refractivity contribution >= 4 is 41.2 Å². The molecule has 38 heavy (non-hydrogen) atoms. The van der Waals surface area contributed by atoms with Crippen molar-refractivity contribution in [2.75, 3.05) is 16.8 Å². The number of nitrogens with zero attached hydrogens (tertiary/aromatic N) is 5. The van der Waals surface area contributed by atoms with Crippen LogP contribution in [-0.4, -0.2) is 30.2 Å². The van der Waals surface area contributed by atoms with Gasteiger partial charge in [-0.25, -0.2) is 5.10 Å². The summed E-state index contributed by atoms with van der Waals surface area (Å²) in [6.07, 6.45) is 5.06. The van der Waals surface area contributed by atoms with E-state index in [9.17, 15) is 0 Å². The van der Waals surface area contributed by atoms with Crippen LogP contribution < -0.4 is 20.6 Å². The van der Waals surface area contributed by atoms with Gasteiger partial charge in [0.2, 0.25) is 0 Å². The van der Waals surface area contributed by atoms with Gasteiger partial charge in [-0.15, -0.1) is 48.3 Å². The smallest absolute Gasteiger partial charge is 0.324 e. The summed E-state index contributed by atoms with van der Waals surface area (Å²) < 4.78 is 5.64. The molecule has 0 unspecified atom stereocenters. The zero-order chi connectivity index (χ0) is 24.5. The molecule has 4 heterocycles. The standard InChI is InChI=1S/C30H19BN5O.Pd/c1-34-19-35(18-33-34)21-11-13-25-23-7-3-5-9-27(23)31-26-8-4-2-6-22(26)24-12-10-20(30-32-14-15-37-30)16-28(24)36(31)29(25)17-21;/h2-15,18-19H,1H3;/q-3;. The molecule has 8 heteroatoms. The Morgan fingerprint density at radius 3 is 2.16 bits per heavy atom. The van der Waals surface area contributed by atoms with Crippen LogP contribution in [-0.2, 0) is 20.4 Å². The minimum absolute atomic E-state index is 0. The van der Waals surface area contributed by atoms with E-state index in [0.717, 1.165) is 33.8 Å². The van der Waals surface area contributed by atoms with Gasteiger partial charge in [0, 0.05) is 20.4 Å². The van der Waals surface area contributed by atoms with Crippen LogP contribution in [0.4, 0.5) is 17.1 Å². The van der Waals surface area contributed by atoms with E-state index in [0.29, 0.717) is 5.89 Å². The molecule has 0 fully saturated rings. The maximum atomic E-state index is 5.64. The second-order valence-electron chi connectivity index (χ2n) is 9.35. The second kappa shape index (κ2) is 8.73. The summed E-state index contributed by atoms with van der Waals surface area (Å²) in [6, 6.07) is 33.2. The molecule has 0 spiro atoms. The third kappa shape index (κ3) is 3.31. The van der Waals surface area contributed by atoms with Crippen molar-refractivity contribution in [2.45, 2.75) is 0 Å². The van der Waals surface area contributed by atoms with E-state index in [1.807, 2.05) is 24.7 Å².